The topological polar surface area (TPSA) is 77.5 Å². The summed E-state index contributed by atoms with van der Waals surface area (Å²) in [5.41, 5.74) is 0. The number of ether oxygens (including phenoxy) is 4. The van der Waals surface area contributed by atoms with Crippen LogP contribution < -0.4 is 0 Å². The molecular weight excluding hydrogens is 388 g/mol. The highest BCUT2D eigenvalue weighted by Crippen LogP contribution is 2.03. The molecule has 0 rings (SSSR count). The van der Waals surface area contributed by atoms with Crippen molar-refractivity contribution in [3.05, 3.63) is 0 Å². The molecule has 0 N–H and O–H groups in total. The zero-order valence-electron chi connectivity index (χ0n) is 20.1. The molecule has 0 heterocycles. The van der Waals surface area contributed by atoms with Crippen molar-refractivity contribution in [1.29, 1.82) is 0 Å². The van der Waals surface area contributed by atoms with Crippen LogP contribution in [0.3, 0.4) is 0 Å². The van der Waals surface area contributed by atoms with Gasteiger partial charge in [0.15, 0.2) is 0 Å². The fourth-order valence-electron chi connectivity index (χ4n) is 2.55. The van der Waals surface area contributed by atoms with Crippen LogP contribution in [0.2, 0.25) is 0 Å². The molecule has 0 aromatic carbocycles. The number of carbonyl (C=O) groups is 2. The van der Waals surface area contributed by atoms with Gasteiger partial charge in [-0.3, -0.25) is 9.59 Å². The molecule has 0 saturated carbocycles. The molecule has 0 aromatic heterocycles. The summed E-state index contributed by atoms with van der Waals surface area (Å²) in [5, 5.41) is 0. The highest BCUT2D eigenvalue weighted by molar-refractivity contribution is 5.69. The zero-order valence-corrected chi connectivity index (χ0v) is 20.1. The Hall–Kier alpha value is -1.22. The Morgan fingerprint density at radius 3 is 1.97 bits per heavy atom. The third-order valence-corrected chi connectivity index (χ3v) is 4.34. The minimum absolute atomic E-state index is 0.150. The first kappa shape index (κ1) is 28.8. The molecule has 178 valence electrons. The third kappa shape index (κ3) is 17.6. The van der Waals surface area contributed by atoms with Gasteiger partial charge >= 0.3 is 11.9 Å². The largest absolute Gasteiger partial charge is 0.463 e. The summed E-state index contributed by atoms with van der Waals surface area (Å²) in [5.74, 6) is -0.412. The van der Waals surface area contributed by atoms with E-state index in [4.69, 9.17) is 18.9 Å². The normalized spacial score (nSPS) is 14.6. The molecule has 0 radical (unpaired) electrons. The molecule has 8 heteroatoms. The van der Waals surface area contributed by atoms with E-state index in [1.807, 2.05) is 34.7 Å². The maximum atomic E-state index is 12.0. The monoisotopic (exact) mass is 432 g/mol. The van der Waals surface area contributed by atoms with Gasteiger partial charge in [-0.05, 0) is 67.8 Å². The van der Waals surface area contributed by atoms with E-state index in [0.717, 1.165) is 25.9 Å². The fourth-order valence-corrected chi connectivity index (χ4v) is 2.55. The molecule has 0 aromatic rings. The molecule has 3 unspecified atom stereocenters. The van der Waals surface area contributed by atoms with Crippen LogP contribution in [0.15, 0.2) is 0 Å². The second kappa shape index (κ2) is 17.5. The first-order chi connectivity index (χ1) is 14.1. The Kier molecular flexibility index (Phi) is 16.7. The van der Waals surface area contributed by atoms with Crippen LogP contribution in [0.1, 0.15) is 53.4 Å². The zero-order chi connectivity index (χ0) is 22.9. The number of hydrogen-bond donors (Lipinski definition) is 0. The number of rotatable bonds is 18. The Morgan fingerprint density at radius 1 is 0.767 bits per heavy atom. The first-order valence-corrected chi connectivity index (χ1v) is 11.1. The molecule has 0 aliphatic heterocycles. The van der Waals surface area contributed by atoms with Crippen LogP contribution >= 0.6 is 0 Å². The molecule has 3 atom stereocenters. The van der Waals surface area contributed by atoms with Gasteiger partial charge in [-0.25, -0.2) is 0 Å². The van der Waals surface area contributed by atoms with Crippen molar-refractivity contribution < 1.29 is 28.5 Å². The van der Waals surface area contributed by atoms with E-state index in [1.54, 1.807) is 0 Å². The van der Waals surface area contributed by atoms with Gasteiger partial charge in [0.2, 0.25) is 0 Å². The van der Waals surface area contributed by atoms with Gasteiger partial charge in [-0.2, -0.15) is 0 Å². The van der Waals surface area contributed by atoms with Gasteiger partial charge in [0, 0.05) is 13.0 Å². The van der Waals surface area contributed by atoms with Crippen LogP contribution in [-0.4, -0.2) is 101 Å². The number of esters is 2. The summed E-state index contributed by atoms with van der Waals surface area (Å²) in [6, 6.07) is 0. The van der Waals surface area contributed by atoms with Crippen molar-refractivity contribution in [2.45, 2.75) is 71.7 Å². The molecule has 0 bridgehead atoms. The second-order valence-electron chi connectivity index (χ2n) is 8.23. The predicted molar refractivity (Wildman–Crippen MR) is 118 cm³/mol. The van der Waals surface area contributed by atoms with Crippen LogP contribution in [0.5, 0.6) is 0 Å². The Labute approximate surface area is 183 Å². The number of carbonyl (C=O) groups excluding carboxylic acids is 2. The third-order valence-electron chi connectivity index (χ3n) is 4.34. The molecule has 30 heavy (non-hydrogen) atoms. The van der Waals surface area contributed by atoms with Crippen LogP contribution in [0.25, 0.3) is 0 Å². The average Bonchev–Trinajstić information content (AvgIpc) is 2.67. The highest BCUT2D eigenvalue weighted by atomic mass is 16.6. The minimum atomic E-state index is -0.314. The van der Waals surface area contributed by atoms with Crippen molar-refractivity contribution in [2.24, 2.45) is 0 Å². The lowest BCUT2D eigenvalue weighted by Gasteiger charge is -2.21. The molecular formula is C22H44N2O6. The van der Waals surface area contributed by atoms with E-state index in [1.165, 1.54) is 0 Å². The SMILES string of the molecule is CCCC(=O)OCC(C)OCC(C)OCC(C)OC(=O)CCN(C)CCCN(C)C. The van der Waals surface area contributed by atoms with Crippen molar-refractivity contribution in [3.63, 3.8) is 0 Å². The van der Waals surface area contributed by atoms with Crippen molar-refractivity contribution in [3.8, 4) is 0 Å². The van der Waals surface area contributed by atoms with E-state index < -0.39 is 0 Å². The van der Waals surface area contributed by atoms with Gasteiger partial charge in [0.1, 0.15) is 12.7 Å². The van der Waals surface area contributed by atoms with Crippen LogP contribution in [0.4, 0.5) is 0 Å². The van der Waals surface area contributed by atoms with Crippen molar-refractivity contribution >= 4 is 11.9 Å². The quantitative estimate of drug-likeness (QED) is 0.306. The summed E-state index contributed by atoms with van der Waals surface area (Å²) >= 11 is 0. The van der Waals surface area contributed by atoms with Gasteiger partial charge in [-0.1, -0.05) is 6.92 Å². The molecule has 0 amide bonds. The first-order valence-electron chi connectivity index (χ1n) is 11.1. The van der Waals surface area contributed by atoms with Gasteiger partial charge in [-0.15, -0.1) is 0 Å². The molecule has 0 aliphatic carbocycles. The summed E-state index contributed by atoms with van der Waals surface area (Å²) < 4.78 is 21.9. The van der Waals surface area contributed by atoms with E-state index in [2.05, 4.69) is 23.9 Å². The van der Waals surface area contributed by atoms with E-state index in [-0.39, 0.29) is 36.9 Å². The number of hydrogen-bond acceptors (Lipinski definition) is 8. The fraction of sp³-hybridized carbons (Fsp3) is 0.909. The minimum Gasteiger partial charge on any atom is -0.463 e. The maximum Gasteiger partial charge on any atom is 0.307 e. The van der Waals surface area contributed by atoms with E-state index in [9.17, 15) is 9.59 Å². The van der Waals surface area contributed by atoms with Gasteiger partial charge in [0.05, 0.1) is 31.8 Å². The molecule has 0 fully saturated rings. The summed E-state index contributed by atoms with van der Waals surface area (Å²) in [6.45, 7) is 11.1. The smallest absolute Gasteiger partial charge is 0.307 e. The van der Waals surface area contributed by atoms with E-state index >= 15 is 0 Å². The van der Waals surface area contributed by atoms with Gasteiger partial charge < -0.3 is 28.7 Å². The summed E-state index contributed by atoms with van der Waals surface area (Å²) in [7, 11) is 6.13. The maximum absolute atomic E-state index is 12.0. The Balaban J connectivity index is 3.84. The standard InChI is InChI=1S/C22H44N2O6/c1-8-10-21(25)29-16-19(3)27-15-18(2)28-17-20(4)30-22(26)11-14-24(7)13-9-12-23(5)6/h18-20H,8-17H2,1-7H3. The summed E-state index contributed by atoms with van der Waals surface area (Å²) in [6.07, 6.45) is 1.99. The lowest BCUT2D eigenvalue weighted by Crippen LogP contribution is -2.29. The van der Waals surface area contributed by atoms with Gasteiger partial charge in [0.25, 0.3) is 0 Å². The molecule has 0 saturated heterocycles. The average molecular weight is 433 g/mol. The second-order valence-corrected chi connectivity index (χ2v) is 8.23. The Morgan fingerprint density at radius 2 is 1.37 bits per heavy atom. The highest BCUT2D eigenvalue weighted by Gasteiger charge is 2.14. The summed E-state index contributed by atoms with van der Waals surface area (Å²) in [4.78, 5) is 27.6. The molecule has 8 nitrogen and oxygen atoms in total. The lowest BCUT2D eigenvalue weighted by molar-refractivity contribution is -0.154. The predicted octanol–water partition coefficient (Wildman–Crippen LogP) is 2.35. The van der Waals surface area contributed by atoms with Crippen LogP contribution in [-0.2, 0) is 28.5 Å². The molecule has 0 spiro atoms. The van der Waals surface area contributed by atoms with Crippen LogP contribution in [0, 0.1) is 0 Å². The van der Waals surface area contributed by atoms with E-state index in [0.29, 0.717) is 32.6 Å². The van der Waals surface area contributed by atoms with Crippen molar-refractivity contribution in [2.75, 3.05) is 60.6 Å². The molecule has 0 aliphatic rings. The number of nitrogens with zero attached hydrogens (tertiary/aromatic N) is 2. The lowest BCUT2D eigenvalue weighted by atomic mass is 10.3. The van der Waals surface area contributed by atoms with Crippen molar-refractivity contribution in [1.82, 2.24) is 9.80 Å². The Bertz CT molecular complexity index is 461.